The van der Waals surface area contributed by atoms with Gasteiger partial charge in [-0.05, 0) is 43.7 Å². The molecule has 1 fully saturated rings. The van der Waals surface area contributed by atoms with Crippen molar-refractivity contribution in [3.05, 3.63) is 23.8 Å². The quantitative estimate of drug-likeness (QED) is 0.751. The van der Waals surface area contributed by atoms with Crippen LogP contribution in [-0.4, -0.2) is 12.6 Å². The largest absolute Gasteiger partial charge is 0.397 e. The fourth-order valence-corrected chi connectivity index (χ4v) is 2.95. The molecule has 3 unspecified atom stereocenters. The number of hydrogen-bond acceptors (Lipinski definition) is 2. The summed E-state index contributed by atoms with van der Waals surface area (Å²) < 4.78 is 0. The highest BCUT2D eigenvalue weighted by Gasteiger charge is 2.29. The second kappa shape index (κ2) is 4.59. The normalized spacial score (nSPS) is 29.4. The van der Waals surface area contributed by atoms with Crippen LogP contribution in [0.15, 0.2) is 18.2 Å². The van der Waals surface area contributed by atoms with Gasteiger partial charge < -0.3 is 10.6 Å². The second-order valence-corrected chi connectivity index (χ2v) is 5.72. The SMILES string of the molecule is Cc1cccc(N2CC(C)CC(C)C2C)c1N. The van der Waals surface area contributed by atoms with Gasteiger partial charge in [-0.3, -0.25) is 0 Å². The number of aryl methyl sites for hydroxylation is 1. The van der Waals surface area contributed by atoms with Crippen LogP contribution in [0.4, 0.5) is 11.4 Å². The highest BCUT2D eigenvalue weighted by molar-refractivity contribution is 5.71. The van der Waals surface area contributed by atoms with Gasteiger partial charge in [-0.15, -0.1) is 0 Å². The molecule has 0 radical (unpaired) electrons. The first kappa shape index (κ1) is 12.3. The molecule has 0 saturated carbocycles. The average molecular weight is 232 g/mol. The van der Waals surface area contributed by atoms with Crippen molar-refractivity contribution in [3.63, 3.8) is 0 Å². The lowest BCUT2D eigenvalue weighted by molar-refractivity contribution is 0.297. The van der Waals surface area contributed by atoms with Crippen LogP contribution in [0.25, 0.3) is 0 Å². The number of nitrogens with zero attached hydrogens (tertiary/aromatic N) is 1. The molecule has 1 aromatic carbocycles. The van der Waals surface area contributed by atoms with Crippen molar-refractivity contribution in [3.8, 4) is 0 Å². The third-order valence-corrected chi connectivity index (χ3v) is 4.21. The summed E-state index contributed by atoms with van der Waals surface area (Å²) in [6.07, 6.45) is 1.32. The molecule has 2 N–H and O–H groups in total. The summed E-state index contributed by atoms with van der Waals surface area (Å²) in [5.41, 5.74) is 9.57. The van der Waals surface area contributed by atoms with E-state index in [1.807, 2.05) is 0 Å². The van der Waals surface area contributed by atoms with Gasteiger partial charge in [0.1, 0.15) is 0 Å². The number of nitrogens with two attached hydrogens (primary N) is 1. The van der Waals surface area contributed by atoms with Crippen molar-refractivity contribution in [1.29, 1.82) is 0 Å². The van der Waals surface area contributed by atoms with Crippen LogP contribution in [0.5, 0.6) is 0 Å². The number of rotatable bonds is 1. The number of hydrogen-bond donors (Lipinski definition) is 1. The van der Waals surface area contributed by atoms with E-state index in [0.29, 0.717) is 6.04 Å². The van der Waals surface area contributed by atoms with Crippen LogP contribution in [0.1, 0.15) is 32.8 Å². The summed E-state index contributed by atoms with van der Waals surface area (Å²) in [5, 5.41) is 0. The maximum absolute atomic E-state index is 6.22. The van der Waals surface area contributed by atoms with E-state index in [9.17, 15) is 0 Å². The zero-order valence-electron chi connectivity index (χ0n) is 11.4. The van der Waals surface area contributed by atoms with Gasteiger partial charge in [0.25, 0.3) is 0 Å². The van der Waals surface area contributed by atoms with E-state index in [1.54, 1.807) is 0 Å². The Bertz CT molecular complexity index is 400. The molecular weight excluding hydrogens is 208 g/mol. The average Bonchev–Trinajstić information content (AvgIpc) is 2.27. The van der Waals surface area contributed by atoms with Gasteiger partial charge in [0.05, 0.1) is 11.4 Å². The zero-order valence-corrected chi connectivity index (χ0v) is 11.4. The van der Waals surface area contributed by atoms with Gasteiger partial charge in [-0.2, -0.15) is 0 Å². The molecule has 2 rings (SSSR count). The van der Waals surface area contributed by atoms with E-state index in [-0.39, 0.29) is 0 Å². The van der Waals surface area contributed by atoms with E-state index < -0.39 is 0 Å². The fraction of sp³-hybridized carbons (Fsp3) is 0.600. The van der Waals surface area contributed by atoms with E-state index in [1.165, 1.54) is 17.7 Å². The maximum atomic E-state index is 6.22. The van der Waals surface area contributed by atoms with Crippen LogP contribution in [-0.2, 0) is 0 Å². The number of benzene rings is 1. The first-order valence-electron chi connectivity index (χ1n) is 6.62. The van der Waals surface area contributed by atoms with Crippen LogP contribution >= 0.6 is 0 Å². The van der Waals surface area contributed by atoms with Gasteiger partial charge in [-0.25, -0.2) is 0 Å². The summed E-state index contributed by atoms with van der Waals surface area (Å²) in [6.45, 7) is 10.2. The molecule has 1 saturated heterocycles. The number of anilines is 2. The number of nitrogen functional groups attached to an aromatic ring is 1. The minimum Gasteiger partial charge on any atom is -0.397 e. The molecule has 1 aliphatic rings. The van der Waals surface area contributed by atoms with Gasteiger partial charge in [0, 0.05) is 12.6 Å². The van der Waals surface area contributed by atoms with Crippen molar-refractivity contribution in [2.75, 3.05) is 17.2 Å². The highest BCUT2D eigenvalue weighted by atomic mass is 15.2. The maximum Gasteiger partial charge on any atom is 0.0605 e. The van der Waals surface area contributed by atoms with Gasteiger partial charge in [-0.1, -0.05) is 26.0 Å². The van der Waals surface area contributed by atoms with Crippen molar-refractivity contribution >= 4 is 11.4 Å². The summed E-state index contributed by atoms with van der Waals surface area (Å²) >= 11 is 0. The Labute approximate surface area is 105 Å². The van der Waals surface area contributed by atoms with Crippen LogP contribution in [0.2, 0.25) is 0 Å². The number of piperidine rings is 1. The molecule has 94 valence electrons. The molecule has 0 bridgehead atoms. The molecule has 0 amide bonds. The van der Waals surface area contributed by atoms with Gasteiger partial charge in [0.15, 0.2) is 0 Å². The van der Waals surface area contributed by atoms with Crippen LogP contribution in [0, 0.1) is 18.8 Å². The molecule has 0 aromatic heterocycles. The molecule has 1 aliphatic heterocycles. The van der Waals surface area contributed by atoms with E-state index in [0.717, 1.165) is 24.1 Å². The Morgan fingerprint density at radius 1 is 1.24 bits per heavy atom. The predicted molar refractivity (Wildman–Crippen MR) is 75.3 cm³/mol. The first-order chi connectivity index (χ1) is 8.00. The Balaban J connectivity index is 2.34. The molecule has 2 heteroatoms. The Morgan fingerprint density at radius 2 is 1.94 bits per heavy atom. The predicted octanol–water partition coefficient (Wildman–Crippen LogP) is 3.45. The molecular formula is C15H24N2. The molecule has 1 heterocycles. The smallest absolute Gasteiger partial charge is 0.0605 e. The topological polar surface area (TPSA) is 29.3 Å². The molecule has 0 spiro atoms. The van der Waals surface area contributed by atoms with Gasteiger partial charge >= 0.3 is 0 Å². The van der Waals surface area contributed by atoms with Crippen molar-refractivity contribution in [1.82, 2.24) is 0 Å². The summed E-state index contributed by atoms with van der Waals surface area (Å²) in [4.78, 5) is 2.49. The minimum absolute atomic E-state index is 0.579. The third kappa shape index (κ3) is 2.26. The lowest BCUT2D eigenvalue weighted by atomic mass is 9.85. The van der Waals surface area contributed by atoms with Gasteiger partial charge in [0.2, 0.25) is 0 Å². The molecule has 2 nitrogen and oxygen atoms in total. The van der Waals surface area contributed by atoms with Crippen LogP contribution in [0.3, 0.4) is 0 Å². The molecule has 0 aliphatic carbocycles. The second-order valence-electron chi connectivity index (χ2n) is 5.72. The zero-order chi connectivity index (χ0) is 12.6. The van der Waals surface area contributed by atoms with E-state index in [2.05, 4.69) is 50.8 Å². The van der Waals surface area contributed by atoms with E-state index in [4.69, 9.17) is 5.73 Å². The van der Waals surface area contributed by atoms with Crippen LogP contribution < -0.4 is 10.6 Å². The van der Waals surface area contributed by atoms with E-state index >= 15 is 0 Å². The Hall–Kier alpha value is -1.18. The Morgan fingerprint density at radius 3 is 2.65 bits per heavy atom. The molecule has 17 heavy (non-hydrogen) atoms. The fourth-order valence-electron chi connectivity index (χ4n) is 2.95. The standard InChI is InChI=1S/C15H24N2/c1-10-8-12(3)13(4)17(9-10)14-7-5-6-11(2)15(14)16/h5-7,10,12-13H,8-9,16H2,1-4H3. The van der Waals surface area contributed by atoms with Crippen molar-refractivity contribution < 1.29 is 0 Å². The molecule has 3 atom stereocenters. The third-order valence-electron chi connectivity index (χ3n) is 4.21. The molecule has 1 aromatic rings. The summed E-state index contributed by atoms with van der Waals surface area (Å²) in [5.74, 6) is 1.49. The van der Waals surface area contributed by atoms with Crippen molar-refractivity contribution in [2.45, 2.75) is 40.2 Å². The summed E-state index contributed by atoms with van der Waals surface area (Å²) in [6, 6.07) is 6.93. The monoisotopic (exact) mass is 232 g/mol. The highest BCUT2D eigenvalue weighted by Crippen LogP contribution is 2.35. The lowest BCUT2D eigenvalue weighted by Crippen LogP contribution is -2.46. The minimum atomic E-state index is 0.579. The number of para-hydroxylation sites is 1. The van der Waals surface area contributed by atoms with Crippen molar-refractivity contribution in [2.24, 2.45) is 11.8 Å². The Kier molecular flexibility index (Phi) is 3.32. The summed E-state index contributed by atoms with van der Waals surface area (Å²) in [7, 11) is 0. The first-order valence-corrected chi connectivity index (χ1v) is 6.62. The lowest BCUT2D eigenvalue weighted by Gasteiger charge is -2.43.